The van der Waals surface area contributed by atoms with E-state index in [1.807, 2.05) is 13.0 Å². The Morgan fingerprint density at radius 3 is 2.79 bits per heavy atom. The van der Waals surface area contributed by atoms with Gasteiger partial charge in [0, 0.05) is 22.7 Å². The third kappa shape index (κ3) is 1.73. The van der Waals surface area contributed by atoms with E-state index in [4.69, 9.17) is 4.74 Å². The highest BCUT2D eigenvalue weighted by Crippen LogP contribution is 2.39. The van der Waals surface area contributed by atoms with Gasteiger partial charge in [-0.15, -0.1) is 0 Å². The summed E-state index contributed by atoms with van der Waals surface area (Å²) in [6.07, 6.45) is 1.72. The molecule has 2 N–H and O–H groups in total. The van der Waals surface area contributed by atoms with Crippen LogP contribution in [-0.2, 0) is 10.2 Å². The number of benzene rings is 1. The molecule has 0 fully saturated rings. The number of aromatic nitrogens is 1. The number of aromatic amines is 1. The molecule has 5 heteroatoms. The number of hydrogen-bond acceptors (Lipinski definition) is 3. The van der Waals surface area contributed by atoms with Gasteiger partial charge in [0.1, 0.15) is 5.75 Å². The maximum Gasteiger partial charge on any atom is 0.328 e. The van der Waals surface area contributed by atoms with Crippen LogP contribution in [0.5, 0.6) is 5.75 Å². The monoisotopic (exact) mass is 258 g/mol. The molecule has 1 aromatic carbocycles. The van der Waals surface area contributed by atoms with E-state index in [1.165, 1.54) is 14.0 Å². The average molecular weight is 258 g/mol. The van der Waals surface area contributed by atoms with Gasteiger partial charge in [-0.1, -0.05) is 0 Å². The van der Waals surface area contributed by atoms with E-state index in [0.717, 1.165) is 11.1 Å². The van der Waals surface area contributed by atoms with Crippen molar-refractivity contribution in [3.05, 3.63) is 29.5 Å². The molecule has 0 aliphatic heterocycles. The first-order chi connectivity index (χ1) is 8.95. The summed E-state index contributed by atoms with van der Waals surface area (Å²) in [7, 11) is 1.47. The molecule has 0 aliphatic rings. The summed E-state index contributed by atoms with van der Waals surface area (Å²) in [5.74, 6) is -0.782. The van der Waals surface area contributed by atoms with Crippen molar-refractivity contribution in [2.24, 2.45) is 0 Å². The minimum Gasteiger partial charge on any atom is -0.496 e. The standard InChI is InChI=1S/C14H14N2O3/c1-8-6-10(19-3)11(9-4-5-16-12(8)9)14(2,7-15)13(17)18/h4-6,16H,1-3H3,(H,17,18). The van der Waals surface area contributed by atoms with Gasteiger partial charge in [-0.3, -0.25) is 4.79 Å². The lowest BCUT2D eigenvalue weighted by atomic mass is 9.81. The van der Waals surface area contributed by atoms with Gasteiger partial charge in [-0.05, 0) is 31.5 Å². The van der Waals surface area contributed by atoms with Gasteiger partial charge in [-0.2, -0.15) is 5.26 Å². The van der Waals surface area contributed by atoms with Crippen LogP contribution in [0.3, 0.4) is 0 Å². The molecule has 19 heavy (non-hydrogen) atoms. The first-order valence-electron chi connectivity index (χ1n) is 5.75. The van der Waals surface area contributed by atoms with Crippen LogP contribution < -0.4 is 4.74 Å². The molecule has 2 aromatic rings. The smallest absolute Gasteiger partial charge is 0.328 e. The molecule has 0 bridgehead atoms. The minimum atomic E-state index is -1.65. The van der Waals surface area contributed by atoms with Crippen molar-refractivity contribution in [1.29, 1.82) is 5.26 Å². The Morgan fingerprint density at radius 1 is 1.58 bits per heavy atom. The minimum absolute atomic E-state index is 0.381. The van der Waals surface area contributed by atoms with E-state index in [2.05, 4.69) is 4.98 Å². The lowest BCUT2D eigenvalue weighted by Crippen LogP contribution is -2.31. The van der Waals surface area contributed by atoms with Crippen LogP contribution in [0.1, 0.15) is 18.1 Å². The Balaban J connectivity index is 2.93. The Kier molecular flexibility index (Phi) is 2.95. The molecule has 0 radical (unpaired) electrons. The van der Waals surface area contributed by atoms with E-state index in [1.54, 1.807) is 18.3 Å². The lowest BCUT2D eigenvalue weighted by molar-refractivity contribution is -0.141. The van der Waals surface area contributed by atoms with Crippen molar-refractivity contribution >= 4 is 16.9 Å². The molecule has 0 spiro atoms. The van der Waals surface area contributed by atoms with Crippen molar-refractivity contribution < 1.29 is 14.6 Å². The van der Waals surface area contributed by atoms with E-state index in [-0.39, 0.29) is 0 Å². The molecule has 0 aliphatic carbocycles. The first-order valence-corrected chi connectivity index (χ1v) is 5.75. The highest BCUT2D eigenvalue weighted by atomic mass is 16.5. The van der Waals surface area contributed by atoms with Gasteiger partial charge in [0.15, 0.2) is 5.41 Å². The Morgan fingerprint density at radius 2 is 2.26 bits per heavy atom. The quantitative estimate of drug-likeness (QED) is 0.884. The normalized spacial score (nSPS) is 13.8. The largest absolute Gasteiger partial charge is 0.496 e. The molecule has 98 valence electrons. The molecule has 1 aromatic heterocycles. The second-order valence-corrected chi connectivity index (χ2v) is 4.58. The third-order valence-electron chi connectivity index (χ3n) is 3.38. The van der Waals surface area contributed by atoms with E-state index in [9.17, 15) is 15.2 Å². The van der Waals surface area contributed by atoms with Crippen LogP contribution in [0.15, 0.2) is 18.3 Å². The summed E-state index contributed by atoms with van der Waals surface area (Å²) in [6.45, 7) is 3.28. The van der Waals surface area contributed by atoms with E-state index < -0.39 is 11.4 Å². The molecule has 5 nitrogen and oxygen atoms in total. The fourth-order valence-electron chi connectivity index (χ4n) is 2.27. The summed E-state index contributed by atoms with van der Waals surface area (Å²) >= 11 is 0. The van der Waals surface area contributed by atoms with Crippen molar-refractivity contribution in [2.75, 3.05) is 7.11 Å². The maximum absolute atomic E-state index is 11.5. The number of carbonyl (C=O) groups is 1. The molecule has 0 saturated carbocycles. The summed E-state index contributed by atoms with van der Waals surface area (Å²) in [4.78, 5) is 14.5. The van der Waals surface area contributed by atoms with E-state index in [0.29, 0.717) is 16.7 Å². The van der Waals surface area contributed by atoms with Crippen molar-refractivity contribution in [3.8, 4) is 11.8 Å². The number of ether oxygens (including phenoxy) is 1. The van der Waals surface area contributed by atoms with Crippen molar-refractivity contribution in [3.63, 3.8) is 0 Å². The Hall–Kier alpha value is -2.48. The number of methoxy groups -OCH3 is 1. The zero-order chi connectivity index (χ0) is 14.2. The number of rotatable bonds is 3. The van der Waals surface area contributed by atoms with Gasteiger partial charge in [0.25, 0.3) is 0 Å². The topological polar surface area (TPSA) is 86.1 Å². The summed E-state index contributed by atoms with van der Waals surface area (Å²) in [5.41, 5.74) is 0.483. The zero-order valence-corrected chi connectivity index (χ0v) is 10.9. The molecule has 1 heterocycles. The van der Waals surface area contributed by atoms with Crippen LogP contribution >= 0.6 is 0 Å². The first kappa shape index (κ1) is 13.0. The number of H-pyrrole nitrogens is 1. The average Bonchev–Trinajstić information content (AvgIpc) is 2.86. The van der Waals surface area contributed by atoms with Gasteiger partial charge in [-0.25, -0.2) is 0 Å². The fourth-order valence-corrected chi connectivity index (χ4v) is 2.27. The Bertz CT molecular complexity index is 697. The van der Waals surface area contributed by atoms with Gasteiger partial charge in [0.2, 0.25) is 0 Å². The van der Waals surface area contributed by atoms with Gasteiger partial charge < -0.3 is 14.8 Å². The molecule has 2 rings (SSSR count). The van der Waals surface area contributed by atoms with Crippen LogP contribution in [0.4, 0.5) is 0 Å². The molecule has 0 saturated heterocycles. The summed E-state index contributed by atoms with van der Waals surface area (Å²) in [6, 6.07) is 5.38. The van der Waals surface area contributed by atoms with Crippen LogP contribution in [-0.4, -0.2) is 23.2 Å². The number of aliphatic carboxylic acids is 1. The predicted molar refractivity (Wildman–Crippen MR) is 70.2 cm³/mol. The van der Waals surface area contributed by atoms with Crippen LogP contribution in [0.2, 0.25) is 0 Å². The third-order valence-corrected chi connectivity index (χ3v) is 3.38. The number of nitrogens with one attached hydrogen (secondary N) is 1. The second kappa shape index (κ2) is 4.32. The molecular weight excluding hydrogens is 244 g/mol. The van der Waals surface area contributed by atoms with E-state index >= 15 is 0 Å². The number of carboxylic acids is 1. The number of nitriles is 1. The SMILES string of the molecule is COc1cc(C)c2[nH]ccc2c1C(C)(C#N)C(=O)O. The maximum atomic E-state index is 11.5. The van der Waals surface area contributed by atoms with Gasteiger partial charge in [0.05, 0.1) is 13.2 Å². The highest BCUT2D eigenvalue weighted by Gasteiger charge is 2.40. The lowest BCUT2D eigenvalue weighted by Gasteiger charge is -2.21. The second-order valence-electron chi connectivity index (χ2n) is 4.58. The van der Waals surface area contributed by atoms with Crippen LogP contribution in [0, 0.1) is 18.3 Å². The number of aryl methyl sites for hydroxylation is 1. The predicted octanol–water partition coefficient (Wildman–Crippen LogP) is 2.35. The van der Waals surface area contributed by atoms with Gasteiger partial charge >= 0.3 is 5.97 Å². The number of fused-ring (bicyclic) bond motifs is 1. The molecular formula is C14H14N2O3. The van der Waals surface area contributed by atoms with Crippen molar-refractivity contribution in [2.45, 2.75) is 19.3 Å². The zero-order valence-electron chi connectivity index (χ0n) is 10.9. The molecule has 1 atom stereocenters. The fraction of sp³-hybridized carbons (Fsp3) is 0.286. The molecule has 0 amide bonds. The summed E-state index contributed by atoms with van der Waals surface area (Å²) < 4.78 is 5.27. The highest BCUT2D eigenvalue weighted by molar-refractivity contribution is 5.97. The number of carboxylic acid groups (broad SMARTS) is 1. The van der Waals surface area contributed by atoms with Crippen LogP contribution in [0.25, 0.3) is 10.9 Å². The van der Waals surface area contributed by atoms with Crippen molar-refractivity contribution in [1.82, 2.24) is 4.98 Å². The Labute approximate surface area is 110 Å². The number of hydrogen-bond donors (Lipinski definition) is 2. The molecule has 1 unspecified atom stereocenters. The summed E-state index contributed by atoms with van der Waals surface area (Å²) in [5, 5.41) is 19.4. The number of nitrogens with zero attached hydrogens (tertiary/aromatic N) is 1.